The number of carboxylic acid groups (broad SMARTS) is 1. The fourth-order valence-electron chi connectivity index (χ4n) is 1.98. The normalized spacial score (nSPS) is 10.2. The Labute approximate surface area is 120 Å². The standard InChI is InChI=1S/C15H23NO4/c1-4-5-9-16(10-8-15(17)18)13-7-6-12(19-2)11-14(13)20-3/h6-7,11H,4-5,8-10H2,1-3H3,(H,17,18). The molecule has 1 rings (SSSR count). The number of nitrogens with zero attached hydrogens (tertiary/aromatic N) is 1. The Balaban J connectivity index is 2.95. The molecule has 0 saturated carbocycles. The van der Waals surface area contributed by atoms with E-state index in [4.69, 9.17) is 14.6 Å². The van der Waals surface area contributed by atoms with Crippen LogP contribution in [-0.4, -0.2) is 38.4 Å². The van der Waals surface area contributed by atoms with Crippen molar-refractivity contribution >= 4 is 11.7 Å². The first-order valence-electron chi connectivity index (χ1n) is 6.81. The van der Waals surface area contributed by atoms with Gasteiger partial charge in [-0.3, -0.25) is 4.79 Å². The van der Waals surface area contributed by atoms with E-state index in [1.807, 2.05) is 18.2 Å². The summed E-state index contributed by atoms with van der Waals surface area (Å²) in [5.41, 5.74) is 0.906. The summed E-state index contributed by atoms with van der Waals surface area (Å²) in [7, 11) is 3.21. The van der Waals surface area contributed by atoms with Gasteiger partial charge in [0.25, 0.3) is 0 Å². The zero-order valence-electron chi connectivity index (χ0n) is 12.4. The minimum atomic E-state index is -0.793. The number of hydrogen-bond donors (Lipinski definition) is 1. The third-order valence-electron chi connectivity index (χ3n) is 3.10. The highest BCUT2D eigenvalue weighted by atomic mass is 16.5. The summed E-state index contributed by atoms with van der Waals surface area (Å²) >= 11 is 0. The number of ether oxygens (including phenoxy) is 2. The van der Waals surface area contributed by atoms with Crippen LogP contribution in [0.15, 0.2) is 18.2 Å². The molecule has 0 aliphatic heterocycles. The highest BCUT2D eigenvalue weighted by Crippen LogP contribution is 2.32. The second-order valence-electron chi connectivity index (χ2n) is 4.52. The third kappa shape index (κ3) is 4.64. The van der Waals surface area contributed by atoms with Crippen LogP contribution in [0.25, 0.3) is 0 Å². The van der Waals surface area contributed by atoms with Crippen LogP contribution < -0.4 is 14.4 Å². The van der Waals surface area contributed by atoms with Crippen LogP contribution in [0.4, 0.5) is 5.69 Å². The second kappa shape index (κ2) is 8.30. The topological polar surface area (TPSA) is 59.0 Å². The Hall–Kier alpha value is -1.91. The lowest BCUT2D eigenvalue weighted by atomic mass is 10.2. The molecule has 0 saturated heterocycles. The first-order chi connectivity index (χ1) is 9.62. The van der Waals surface area contributed by atoms with E-state index in [-0.39, 0.29) is 6.42 Å². The van der Waals surface area contributed by atoms with Crippen LogP contribution >= 0.6 is 0 Å². The number of carbonyl (C=O) groups is 1. The minimum absolute atomic E-state index is 0.110. The molecule has 0 amide bonds. The first kappa shape index (κ1) is 16.1. The SMILES string of the molecule is CCCCN(CCC(=O)O)c1ccc(OC)cc1OC. The predicted octanol–water partition coefficient (Wildman–Crippen LogP) is 2.79. The molecule has 20 heavy (non-hydrogen) atoms. The Bertz CT molecular complexity index is 434. The van der Waals surface area contributed by atoms with Crippen LogP contribution in [-0.2, 0) is 4.79 Å². The van der Waals surface area contributed by atoms with E-state index in [2.05, 4.69) is 11.8 Å². The van der Waals surface area contributed by atoms with Crippen molar-refractivity contribution in [2.75, 3.05) is 32.2 Å². The van der Waals surface area contributed by atoms with Gasteiger partial charge in [-0.1, -0.05) is 13.3 Å². The molecule has 1 aromatic rings. The Kier molecular flexibility index (Phi) is 6.70. The molecule has 5 nitrogen and oxygen atoms in total. The summed E-state index contributed by atoms with van der Waals surface area (Å²) in [5, 5.41) is 8.87. The summed E-state index contributed by atoms with van der Waals surface area (Å²) in [6, 6.07) is 5.59. The zero-order valence-corrected chi connectivity index (χ0v) is 12.4. The molecule has 0 bridgehead atoms. The molecule has 0 unspecified atom stereocenters. The van der Waals surface area contributed by atoms with Gasteiger partial charge < -0.3 is 19.5 Å². The average Bonchev–Trinajstić information content (AvgIpc) is 2.46. The lowest BCUT2D eigenvalue weighted by Gasteiger charge is -2.26. The molecule has 0 aliphatic rings. The molecule has 1 N–H and O–H groups in total. The van der Waals surface area contributed by atoms with E-state index in [1.54, 1.807) is 14.2 Å². The summed E-state index contributed by atoms with van der Waals surface area (Å²) < 4.78 is 10.6. The third-order valence-corrected chi connectivity index (χ3v) is 3.10. The van der Waals surface area contributed by atoms with Gasteiger partial charge >= 0.3 is 5.97 Å². The van der Waals surface area contributed by atoms with E-state index < -0.39 is 5.97 Å². The van der Waals surface area contributed by atoms with Gasteiger partial charge in [-0.25, -0.2) is 0 Å². The first-order valence-corrected chi connectivity index (χ1v) is 6.81. The molecule has 0 aliphatic carbocycles. The number of unbranched alkanes of at least 4 members (excludes halogenated alkanes) is 1. The van der Waals surface area contributed by atoms with Crippen LogP contribution in [0, 0.1) is 0 Å². The van der Waals surface area contributed by atoms with E-state index in [1.165, 1.54) is 0 Å². The van der Waals surface area contributed by atoms with E-state index in [0.717, 1.165) is 30.8 Å². The van der Waals surface area contributed by atoms with Gasteiger partial charge in [0.05, 0.1) is 26.3 Å². The van der Waals surface area contributed by atoms with Gasteiger partial charge in [0, 0.05) is 19.2 Å². The number of rotatable bonds is 9. The van der Waals surface area contributed by atoms with E-state index in [0.29, 0.717) is 12.3 Å². The fourth-order valence-corrected chi connectivity index (χ4v) is 1.98. The summed E-state index contributed by atoms with van der Waals surface area (Å²) in [5.74, 6) is 0.629. The van der Waals surface area contributed by atoms with Gasteiger partial charge in [0.2, 0.25) is 0 Å². The number of methoxy groups -OCH3 is 2. The molecule has 0 fully saturated rings. The highest BCUT2D eigenvalue weighted by molar-refractivity contribution is 5.68. The molecular formula is C15H23NO4. The molecule has 0 aromatic heterocycles. The minimum Gasteiger partial charge on any atom is -0.497 e. The molecule has 0 atom stereocenters. The van der Waals surface area contributed by atoms with Gasteiger partial charge in [-0.05, 0) is 18.6 Å². The maximum atomic E-state index is 10.8. The quantitative estimate of drug-likeness (QED) is 0.754. The second-order valence-corrected chi connectivity index (χ2v) is 4.52. The Morgan fingerprint density at radius 1 is 1.25 bits per heavy atom. The smallest absolute Gasteiger partial charge is 0.305 e. The highest BCUT2D eigenvalue weighted by Gasteiger charge is 2.14. The van der Waals surface area contributed by atoms with Crippen molar-refractivity contribution in [1.29, 1.82) is 0 Å². The molecule has 0 heterocycles. The van der Waals surface area contributed by atoms with Gasteiger partial charge in [0.1, 0.15) is 11.5 Å². The van der Waals surface area contributed by atoms with Crippen molar-refractivity contribution in [3.63, 3.8) is 0 Å². The van der Waals surface area contributed by atoms with Crippen LogP contribution in [0.3, 0.4) is 0 Å². The van der Waals surface area contributed by atoms with Gasteiger partial charge in [-0.2, -0.15) is 0 Å². The summed E-state index contributed by atoms with van der Waals surface area (Å²) in [6.07, 6.45) is 2.18. The average molecular weight is 281 g/mol. The predicted molar refractivity (Wildman–Crippen MR) is 78.9 cm³/mol. The van der Waals surface area contributed by atoms with Crippen molar-refractivity contribution in [1.82, 2.24) is 0 Å². The van der Waals surface area contributed by atoms with Crippen molar-refractivity contribution in [2.24, 2.45) is 0 Å². The number of hydrogen-bond acceptors (Lipinski definition) is 4. The molecular weight excluding hydrogens is 258 g/mol. The van der Waals surface area contributed by atoms with E-state index in [9.17, 15) is 4.79 Å². The number of benzene rings is 1. The monoisotopic (exact) mass is 281 g/mol. The lowest BCUT2D eigenvalue weighted by molar-refractivity contribution is -0.136. The van der Waals surface area contributed by atoms with Crippen molar-refractivity contribution in [2.45, 2.75) is 26.2 Å². The molecule has 5 heteroatoms. The van der Waals surface area contributed by atoms with Crippen LogP contribution in [0.1, 0.15) is 26.2 Å². The summed E-state index contributed by atoms with van der Waals surface area (Å²) in [6.45, 7) is 3.39. The van der Waals surface area contributed by atoms with Crippen LogP contribution in [0.2, 0.25) is 0 Å². The Morgan fingerprint density at radius 3 is 2.55 bits per heavy atom. The Morgan fingerprint density at radius 2 is 2.00 bits per heavy atom. The van der Waals surface area contributed by atoms with E-state index >= 15 is 0 Å². The lowest BCUT2D eigenvalue weighted by Crippen LogP contribution is -2.27. The maximum Gasteiger partial charge on any atom is 0.305 e. The molecule has 0 spiro atoms. The van der Waals surface area contributed by atoms with Crippen LogP contribution in [0.5, 0.6) is 11.5 Å². The molecule has 112 valence electrons. The van der Waals surface area contributed by atoms with Gasteiger partial charge in [0.15, 0.2) is 0 Å². The van der Waals surface area contributed by atoms with Gasteiger partial charge in [-0.15, -0.1) is 0 Å². The fraction of sp³-hybridized carbons (Fsp3) is 0.533. The van der Waals surface area contributed by atoms with Crippen molar-refractivity contribution in [3.05, 3.63) is 18.2 Å². The van der Waals surface area contributed by atoms with Crippen molar-refractivity contribution in [3.8, 4) is 11.5 Å². The number of anilines is 1. The van der Waals surface area contributed by atoms with Crippen molar-refractivity contribution < 1.29 is 19.4 Å². The number of aliphatic carboxylic acids is 1. The molecule has 0 radical (unpaired) electrons. The maximum absolute atomic E-state index is 10.8. The molecule has 1 aromatic carbocycles. The zero-order chi connectivity index (χ0) is 15.0. The summed E-state index contributed by atoms with van der Waals surface area (Å²) in [4.78, 5) is 12.8. The number of carboxylic acids is 1. The largest absolute Gasteiger partial charge is 0.497 e.